The van der Waals surface area contributed by atoms with Crippen LogP contribution in [0, 0.1) is 5.92 Å². The summed E-state index contributed by atoms with van der Waals surface area (Å²) in [7, 11) is 2.97. The van der Waals surface area contributed by atoms with Gasteiger partial charge in [-0.25, -0.2) is 9.59 Å². The fraction of sp³-hybridized carbons (Fsp3) is 0.579. The number of piperidine rings is 1. The molecule has 0 radical (unpaired) electrons. The van der Waals surface area contributed by atoms with Crippen molar-refractivity contribution >= 4 is 42.2 Å². The zero-order valence-electron chi connectivity index (χ0n) is 15.5. The molecule has 27 heavy (non-hydrogen) atoms. The Bertz CT molecular complexity index is 662. The molecule has 2 aliphatic rings. The van der Waals surface area contributed by atoms with Crippen LogP contribution in [0.5, 0.6) is 0 Å². The minimum atomic E-state index is -0.562. The summed E-state index contributed by atoms with van der Waals surface area (Å²) in [6.07, 6.45) is 0.408. The maximum atomic E-state index is 12.7. The zero-order valence-corrected chi connectivity index (χ0v) is 18.5. The van der Waals surface area contributed by atoms with Gasteiger partial charge in [-0.1, -0.05) is 39.3 Å². The number of hydrogen-bond donors (Lipinski definition) is 0. The van der Waals surface area contributed by atoms with Gasteiger partial charge in [-0.3, -0.25) is 9.80 Å². The molecule has 4 atom stereocenters. The first-order valence-corrected chi connectivity index (χ1v) is 12.6. The van der Waals surface area contributed by atoms with Crippen LogP contribution < -0.4 is 0 Å². The van der Waals surface area contributed by atoms with E-state index in [4.69, 9.17) is 9.47 Å². The topological polar surface area (TPSA) is 59.1 Å². The second-order valence-corrected chi connectivity index (χ2v) is 9.49. The molecule has 0 spiro atoms. The summed E-state index contributed by atoms with van der Waals surface area (Å²) in [4.78, 5) is 29.1. The highest BCUT2D eigenvalue weighted by atomic mass is 127. The first kappa shape index (κ1) is 20.7. The Balaban J connectivity index is 1.77. The largest absolute Gasteiger partial charge is 0.467 e. The molecule has 0 saturated carbocycles. The van der Waals surface area contributed by atoms with Crippen LogP contribution in [0.3, 0.4) is 0 Å². The van der Waals surface area contributed by atoms with Crippen LogP contribution in [0.25, 0.3) is 0 Å². The summed E-state index contributed by atoms with van der Waals surface area (Å²) in [5, 5.41) is 0. The van der Waals surface area contributed by atoms with Crippen molar-refractivity contribution in [3.8, 4) is 0 Å². The van der Waals surface area contributed by atoms with E-state index in [-0.39, 0.29) is 24.0 Å². The van der Waals surface area contributed by atoms with E-state index in [1.165, 1.54) is 12.7 Å². The molecule has 8 heteroatoms. The average molecular weight is 504 g/mol. The van der Waals surface area contributed by atoms with Gasteiger partial charge in [0.15, 0.2) is 0 Å². The number of esters is 1. The van der Waals surface area contributed by atoms with Crippen LogP contribution in [0.1, 0.15) is 24.9 Å². The molecule has 1 aromatic rings. The second-order valence-electron chi connectivity index (χ2n) is 6.99. The van der Waals surface area contributed by atoms with E-state index in [2.05, 4.69) is 45.2 Å². The van der Waals surface area contributed by atoms with Crippen molar-refractivity contribution in [1.82, 2.24) is 9.80 Å². The summed E-state index contributed by atoms with van der Waals surface area (Å²) >= 11 is 2.17. The maximum absolute atomic E-state index is 12.7. The number of fused-ring (bicyclic) bond motifs is 2. The fourth-order valence-corrected chi connectivity index (χ4v) is 4.90. The quantitative estimate of drug-likeness (QED) is 0.336. The van der Waals surface area contributed by atoms with E-state index in [9.17, 15) is 9.59 Å². The Hall–Kier alpha value is -1.00. The van der Waals surface area contributed by atoms with E-state index in [0.29, 0.717) is 6.61 Å². The van der Waals surface area contributed by atoms with Crippen molar-refractivity contribution in [1.29, 1.82) is 0 Å². The number of carbonyl (C=O) groups excluding carboxylic acids is 2. The number of methoxy groups -OCH3 is 1. The van der Waals surface area contributed by atoms with Crippen LogP contribution in [0.15, 0.2) is 30.3 Å². The van der Waals surface area contributed by atoms with E-state index in [1.807, 2.05) is 18.2 Å². The molecule has 148 valence electrons. The molecule has 2 aliphatic heterocycles. The maximum Gasteiger partial charge on any atom is 0.410 e. The van der Waals surface area contributed by atoms with Gasteiger partial charge in [-0.15, -0.1) is 0 Å². The zero-order chi connectivity index (χ0) is 19.4. The number of rotatable bonds is 6. The lowest BCUT2D eigenvalue weighted by Gasteiger charge is -2.36. The van der Waals surface area contributed by atoms with E-state index < -0.39 is 12.1 Å². The number of halogens is 1. The standard InChI is InChI=1S/C19H25IN2O4S/c1-13(14-6-4-3-5-7-14)21-11-15-10-16(12-21)22(17(15)18(23)25-2)19(24)26-8-9-27-20/h3-7,13,15-17H,8-12H2,1-2H3. The van der Waals surface area contributed by atoms with Crippen molar-refractivity contribution in [2.75, 3.05) is 32.6 Å². The molecule has 0 N–H and O–H groups in total. The summed E-state index contributed by atoms with van der Waals surface area (Å²) in [6, 6.07) is 9.95. The SMILES string of the molecule is COC(=O)C1C2CC(CN(C(C)c3ccccc3)C2)N1C(=O)OCCSI. The average Bonchev–Trinajstić information content (AvgIpc) is 2.97. The predicted octanol–water partition coefficient (Wildman–Crippen LogP) is 3.52. The van der Waals surface area contributed by atoms with Gasteiger partial charge < -0.3 is 9.47 Å². The summed E-state index contributed by atoms with van der Waals surface area (Å²) in [5.41, 5.74) is 1.24. The third-order valence-electron chi connectivity index (χ3n) is 5.50. The lowest BCUT2D eigenvalue weighted by atomic mass is 9.93. The van der Waals surface area contributed by atoms with Crippen molar-refractivity contribution < 1.29 is 19.1 Å². The molecular formula is C19H25IN2O4S. The molecular weight excluding hydrogens is 479 g/mol. The highest BCUT2D eigenvalue weighted by Crippen LogP contribution is 2.39. The Morgan fingerprint density at radius 2 is 2.04 bits per heavy atom. The molecule has 4 unspecified atom stereocenters. The normalized spacial score (nSPS) is 25.9. The van der Waals surface area contributed by atoms with Gasteiger partial charge >= 0.3 is 12.1 Å². The van der Waals surface area contributed by atoms with Crippen LogP contribution in [0.4, 0.5) is 4.79 Å². The van der Waals surface area contributed by atoms with E-state index >= 15 is 0 Å². The van der Waals surface area contributed by atoms with Crippen LogP contribution in [0.2, 0.25) is 0 Å². The molecule has 0 aliphatic carbocycles. The van der Waals surface area contributed by atoms with Gasteiger partial charge in [0.1, 0.15) is 12.6 Å². The smallest absolute Gasteiger partial charge is 0.410 e. The van der Waals surface area contributed by atoms with E-state index in [0.717, 1.165) is 25.3 Å². The number of carbonyl (C=O) groups is 2. The summed E-state index contributed by atoms with van der Waals surface area (Å²) in [6.45, 7) is 4.02. The molecule has 2 saturated heterocycles. The van der Waals surface area contributed by atoms with Gasteiger partial charge in [0.25, 0.3) is 0 Å². The van der Waals surface area contributed by atoms with Crippen LogP contribution in [-0.4, -0.2) is 66.5 Å². The Kier molecular flexibility index (Phi) is 7.27. The summed E-state index contributed by atoms with van der Waals surface area (Å²) in [5.74, 6) is 0.444. The third kappa shape index (κ3) is 4.54. The molecule has 2 fully saturated rings. The summed E-state index contributed by atoms with van der Waals surface area (Å²) < 4.78 is 10.4. The predicted molar refractivity (Wildman–Crippen MR) is 114 cm³/mol. The van der Waals surface area contributed by atoms with Crippen LogP contribution in [-0.2, 0) is 14.3 Å². The van der Waals surface area contributed by atoms with Gasteiger partial charge in [0.2, 0.25) is 0 Å². The van der Waals surface area contributed by atoms with Crippen molar-refractivity contribution in [3.63, 3.8) is 0 Å². The van der Waals surface area contributed by atoms with Gasteiger partial charge in [0, 0.05) is 36.8 Å². The van der Waals surface area contributed by atoms with E-state index in [1.54, 1.807) is 13.8 Å². The highest BCUT2D eigenvalue weighted by Gasteiger charge is 2.53. The Morgan fingerprint density at radius 1 is 1.30 bits per heavy atom. The molecule has 3 rings (SSSR count). The molecule has 6 nitrogen and oxygen atoms in total. The third-order valence-corrected chi connectivity index (χ3v) is 7.14. The first-order chi connectivity index (χ1) is 13.1. The number of amides is 1. The molecule has 2 bridgehead atoms. The van der Waals surface area contributed by atoms with Crippen LogP contribution >= 0.6 is 30.1 Å². The molecule has 2 heterocycles. The van der Waals surface area contributed by atoms with Gasteiger partial charge in [0.05, 0.1) is 7.11 Å². The molecule has 1 aromatic carbocycles. The van der Waals surface area contributed by atoms with Crippen molar-refractivity contribution in [2.24, 2.45) is 5.92 Å². The minimum Gasteiger partial charge on any atom is -0.467 e. The van der Waals surface area contributed by atoms with Crippen molar-refractivity contribution in [2.45, 2.75) is 31.5 Å². The number of hydrogen-bond acceptors (Lipinski definition) is 6. The number of nitrogens with zero attached hydrogens (tertiary/aromatic N) is 2. The number of likely N-dealkylation sites (tertiary alicyclic amines) is 2. The lowest BCUT2D eigenvalue weighted by Crippen LogP contribution is -2.48. The lowest BCUT2D eigenvalue weighted by molar-refractivity contribution is -0.146. The van der Waals surface area contributed by atoms with Gasteiger partial charge in [-0.2, -0.15) is 0 Å². The molecule has 0 aromatic heterocycles. The fourth-order valence-electron chi connectivity index (χ4n) is 4.21. The second kappa shape index (κ2) is 9.47. The van der Waals surface area contributed by atoms with Crippen molar-refractivity contribution in [3.05, 3.63) is 35.9 Å². The number of ether oxygens (including phenoxy) is 2. The Morgan fingerprint density at radius 3 is 2.70 bits per heavy atom. The number of benzene rings is 1. The first-order valence-electron chi connectivity index (χ1n) is 9.12. The molecule has 1 amide bonds. The van der Waals surface area contributed by atoms with Gasteiger partial charge in [-0.05, 0) is 40.1 Å². The minimum absolute atomic E-state index is 0.0289. The monoisotopic (exact) mass is 504 g/mol. The Labute approximate surface area is 176 Å². The highest BCUT2D eigenvalue weighted by molar-refractivity contribution is 14.2.